The van der Waals surface area contributed by atoms with Crippen LogP contribution in [0.4, 0.5) is 0 Å². The molecule has 0 aliphatic heterocycles. The molecule has 1 aromatic heterocycles. The van der Waals surface area contributed by atoms with Gasteiger partial charge in [-0.25, -0.2) is 4.98 Å². The molecule has 4 nitrogen and oxygen atoms in total. The Morgan fingerprint density at radius 3 is 3.00 bits per heavy atom. The zero-order valence-corrected chi connectivity index (χ0v) is 11.7. The first-order chi connectivity index (χ1) is 9.11. The van der Waals surface area contributed by atoms with E-state index < -0.39 is 6.04 Å². The largest absolute Gasteiger partial charge is 0.338 e. The van der Waals surface area contributed by atoms with Gasteiger partial charge in [-0.3, -0.25) is 4.79 Å². The van der Waals surface area contributed by atoms with Crippen molar-refractivity contribution >= 4 is 27.5 Å². The molecule has 5 heteroatoms. The lowest BCUT2D eigenvalue weighted by atomic mass is 10.2. The molecule has 0 aliphatic rings. The molecule has 0 spiro atoms. The predicted molar refractivity (Wildman–Crippen MR) is 78.9 cm³/mol. The highest BCUT2D eigenvalue weighted by Gasteiger charge is 2.18. The van der Waals surface area contributed by atoms with E-state index >= 15 is 0 Å². The van der Waals surface area contributed by atoms with Crippen molar-refractivity contribution in [2.24, 2.45) is 5.73 Å². The molecule has 1 heterocycles. The number of benzene rings is 1. The summed E-state index contributed by atoms with van der Waals surface area (Å²) in [5.41, 5.74) is 6.75. The standard InChI is InChI=1S/C14H17N3OS/c1-3-6-10(15)14(18)17(2)9-13-16-11-7-4-5-8-12(11)19-13/h3-5,7-8,10H,1,6,9,15H2,2H3. The number of amides is 1. The average molecular weight is 275 g/mol. The second-order valence-corrected chi connectivity index (χ2v) is 5.52. The van der Waals surface area contributed by atoms with Crippen LogP contribution in [0.5, 0.6) is 0 Å². The van der Waals surface area contributed by atoms with Crippen molar-refractivity contribution in [2.45, 2.75) is 19.0 Å². The Kier molecular flexibility index (Phi) is 4.29. The Morgan fingerprint density at radius 1 is 1.58 bits per heavy atom. The fourth-order valence-electron chi connectivity index (χ4n) is 1.83. The van der Waals surface area contributed by atoms with E-state index in [0.29, 0.717) is 13.0 Å². The SMILES string of the molecule is C=CCC(N)C(=O)N(C)Cc1nc2ccccc2s1. The molecule has 19 heavy (non-hydrogen) atoms. The molecule has 0 saturated carbocycles. The molecule has 0 bridgehead atoms. The Hall–Kier alpha value is -1.72. The number of nitrogens with two attached hydrogens (primary N) is 1. The zero-order valence-electron chi connectivity index (χ0n) is 10.9. The van der Waals surface area contributed by atoms with Crippen LogP contribution in [0.25, 0.3) is 10.2 Å². The summed E-state index contributed by atoms with van der Waals surface area (Å²) in [6.07, 6.45) is 2.15. The van der Waals surface area contributed by atoms with E-state index in [-0.39, 0.29) is 5.91 Å². The third-order valence-electron chi connectivity index (χ3n) is 2.82. The molecule has 100 valence electrons. The molecule has 2 rings (SSSR count). The van der Waals surface area contributed by atoms with Gasteiger partial charge >= 0.3 is 0 Å². The Bertz CT molecular complexity index is 560. The molecule has 1 amide bonds. The highest BCUT2D eigenvalue weighted by molar-refractivity contribution is 7.18. The number of nitrogens with zero attached hydrogens (tertiary/aromatic N) is 2. The van der Waals surface area contributed by atoms with Crippen LogP contribution in [-0.2, 0) is 11.3 Å². The number of rotatable bonds is 5. The molecule has 1 unspecified atom stereocenters. The number of carbonyl (C=O) groups excluding carboxylic acids is 1. The lowest BCUT2D eigenvalue weighted by Gasteiger charge is -2.19. The molecule has 2 aromatic rings. The summed E-state index contributed by atoms with van der Waals surface area (Å²) in [7, 11) is 1.75. The lowest BCUT2D eigenvalue weighted by molar-refractivity contribution is -0.131. The van der Waals surface area contributed by atoms with Crippen LogP contribution in [0, 0.1) is 0 Å². The molecule has 0 fully saturated rings. The monoisotopic (exact) mass is 275 g/mol. The molecule has 0 saturated heterocycles. The van der Waals surface area contributed by atoms with Crippen LogP contribution >= 0.6 is 11.3 Å². The number of hydrogen-bond acceptors (Lipinski definition) is 4. The fraction of sp³-hybridized carbons (Fsp3) is 0.286. The maximum atomic E-state index is 12.0. The third-order valence-corrected chi connectivity index (χ3v) is 3.85. The second kappa shape index (κ2) is 5.95. The van der Waals surface area contributed by atoms with Crippen molar-refractivity contribution < 1.29 is 4.79 Å². The van der Waals surface area contributed by atoms with Crippen molar-refractivity contribution in [3.8, 4) is 0 Å². The summed E-state index contributed by atoms with van der Waals surface area (Å²) in [6, 6.07) is 7.43. The van der Waals surface area contributed by atoms with E-state index in [9.17, 15) is 4.79 Å². The molecule has 2 N–H and O–H groups in total. The van der Waals surface area contributed by atoms with Crippen LogP contribution in [0.3, 0.4) is 0 Å². The topological polar surface area (TPSA) is 59.2 Å². The number of para-hydroxylation sites is 1. The summed E-state index contributed by atoms with van der Waals surface area (Å²) < 4.78 is 1.13. The van der Waals surface area contributed by atoms with E-state index in [1.54, 1.807) is 29.4 Å². The highest BCUT2D eigenvalue weighted by atomic mass is 32.1. The van der Waals surface area contributed by atoms with Crippen LogP contribution in [0.1, 0.15) is 11.4 Å². The first-order valence-electron chi connectivity index (χ1n) is 6.07. The van der Waals surface area contributed by atoms with Crippen LogP contribution < -0.4 is 5.73 Å². The number of carbonyl (C=O) groups is 1. The van der Waals surface area contributed by atoms with Gasteiger partial charge in [0.2, 0.25) is 5.91 Å². The first kappa shape index (κ1) is 13.7. The molecule has 0 radical (unpaired) electrons. The number of fused-ring (bicyclic) bond motifs is 1. The maximum Gasteiger partial charge on any atom is 0.239 e. The van der Waals surface area contributed by atoms with E-state index in [1.165, 1.54) is 0 Å². The van der Waals surface area contributed by atoms with Gasteiger partial charge in [0, 0.05) is 7.05 Å². The first-order valence-corrected chi connectivity index (χ1v) is 6.89. The number of hydrogen-bond donors (Lipinski definition) is 1. The molecule has 1 aromatic carbocycles. The third kappa shape index (κ3) is 3.19. The minimum absolute atomic E-state index is 0.0841. The predicted octanol–water partition coefficient (Wildman–Crippen LogP) is 2.16. The zero-order chi connectivity index (χ0) is 13.8. The van der Waals surface area contributed by atoms with Crippen molar-refractivity contribution in [3.63, 3.8) is 0 Å². The van der Waals surface area contributed by atoms with Gasteiger partial charge in [0.1, 0.15) is 5.01 Å². The maximum absolute atomic E-state index is 12.0. The van der Waals surface area contributed by atoms with Crippen molar-refractivity contribution in [1.29, 1.82) is 0 Å². The Labute approximate surface area is 116 Å². The fourth-order valence-corrected chi connectivity index (χ4v) is 2.85. The minimum atomic E-state index is -0.517. The Morgan fingerprint density at radius 2 is 2.32 bits per heavy atom. The quantitative estimate of drug-likeness (QED) is 0.851. The van der Waals surface area contributed by atoms with Crippen molar-refractivity contribution in [2.75, 3.05) is 7.05 Å². The van der Waals surface area contributed by atoms with Gasteiger partial charge in [0.25, 0.3) is 0 Å². The van der Waals surface area contributed by atoms with Gasteiger partial charge in [-0.05, 0) is 18.6 Å². The van der Waals surface area contributed by atoms with E-state index in [2.05, 4.69) is 11.6 Å². The summed E-state index contributed by atoms with van der Waals surface area (Å²) in [4.78, 5) is 18.1. The summed E-state index contributed by atoms with van der Waals surface area (Å²) >= 11 is 1.60. The van der Waals surface area contributed by atoms with E-state index in [4.69, 9.17) is 5.73 Å². The van der Waals surface area contributed by atoms with Gasteiger partial charge in [-0.2, -0.15) is 0 Å². The van der Waals surface area contributed by atoms with Gasteiger partial charge in [0.05, 0.1) is 22.8 Å². The van der Waals surface area contributed by atoms with Crippen LogP contribution in [0.2, 0.25) is 0 Å². The van der Waals surface area contributed by atoms with Gasteiger partial charge in [-0.1, -0.05) is 18.2 Å². The summed E-state index contributed by atoms with van der Waals surface area (Å²) in [5, 5.41) is 0.919. The minimum Gasteiger partial charge on any atom is -0.338 e. The molecular formula is C14H17N3OS. The van der Waals surface area contributed by atoms with Gasteiger partial charge in [-0.15, -0.1) is 17.9 Å². The molecule has 0 aliphatic carbocycles. The van der Waals surface area contributed by atoms with Crippen LogP contribution in [0.15, 0.2) is 36.9 Å². The highest BCUT2D eigenvalue weighted by Crippen LogP contribution is 2.22. The molecule has 1 atom stereocenters. The van der Waals surface area contributed by atoms with Crippen molar-refractivity contribution in [3.05, 3.63) is 41.9 Å². The second-order valence-electron chi connectivity index (χ2n) is 4.40. The normalized spacial score (nSPS) is 12.3. The smallest absolute Gasteiger partial charge is 0.239 e. The van der Waals surface area contributed by atoms with E-state index in [0.717, 1.165) is 15.2 Å². The van der Waals surface area contributed by atoms with Gasteiger partial charge < -0.3 is 10.6 Å². The number of thiazole rings is 1. The number of likely N-dealkylation sites (N-methyl/N-ethyl adjacent to an activating group) is 1. The van der Waals surface area contributed by atoms with Gasteiger partial charge in [0.15, 0.2) is 0 Å². The summed E-state index contributed by atoms with van der Waals surface area (Å²) in [5.74, 6) is -0.0841. The molecular weight excluding hydrogens is 258 g/mol. The summed E-state index contributed by atoms with van der Waals surface area (Å²) in [6.45, 7) is 4.08. The Balaban J connectivity index is 2.07. The average Bonchev–Trinajstić information content (AvgIpc) is 2.80. The van der Waals surface area contributed by atoms with E-state index in [1.807, 2.05) is 24.3 Å². The van der Waals surface area contributed by atoms with Crippen LogP contribution in [-0.4, -0.2) is 28.9 Å². The lowest BCUT2D eigenvalue weighted by Crippen LogP contribution is -2.41. The number of aromatic nitrogens is 1. The van der Waals surface area contributed by atoms with Crippen molar-refractivity contribution in [1.82, 2.24) is 9.88 Å².